The van der Waals surface area contributed by atoms with Gasteiger partial charge in [0.1, 0.15) is 5.82 Å². The molecule has 4 heterocycles. The fraction of sp³-hybridized carbons (Fsp3) is 0.500. The molecule has 1 fully saturated rings. The van der Waals surface area contributed by atoms with Gasteiger partial charge in [-0.3, -0.25) is 4.79 Å². The summed E-state index contributed by atoms with van der Waals surface area (Å²) in [6.07, 6.45) is 3.79. The zero-order valence-corrected chi connectivity index (χ0v) is 19.7. The highest BCUT2D eigenvalue weighted by Crippen LogP contribution is 2.26. The average Bonchev–Trinajstić information content (AvgIpc) is 3.43. The molecule has 0 aromatic carbocycles. The number of anilines is 1. The quantitative estimate of drug-likeness (QED) is 0.570. The molecule has 1 saturated heterocycles. The van der Waals surface area contributed by atoms with Gasteiger partial charge in [-0.05, 0) is 50.9 Å². The maximum Gasteiger partial charge on any atom is 0.272 e. The van der Waals surface area contributed by atoms with Crippen molar-refractivity contribution in [1.29, 1.82) is 0 Å². The molecule has 3 aromatic rings. The van der Waals surface area contributed by atoms with Crippen LogP contribution in [0.5, 0.6) is 0 Å². The van der Waals surface area contributed by atoms with Gasteiger partial charge in [0, 0.05) is 44.7 Å². The molecule has 180 valence electrons. The van der Waals surface area contributed by atoms with Gasteiger partial charge in [-0.2, -0.15) is 0 Å². The molecule has 34 heavy (non-hydrogen) atoms. The van der Waals surface area contributed by atoms with E-state index in [0.29, 0.717) is 24.0 Å². The van der Waals surface area contributed by atoms with Crippen LogP contribution < -0.4 is 15.5 Å². The number of aryl methyl sites for hydroxylation is 2. The summed E-state index contributed by atoms with van der Waals surface area (Å²) in [4.78, 5) is 20.0. The molecule has 2 aliphatic rings. The first kappa shape index (κ1) is 22.7. The maximum atomic E-state index is 14.2. The van der Waals surface area contributed by atoms with Crippen LogP contribution in [0.15, 0.2) is 24.4 Å². The van der Waals surface area contributed by atoms with Gasteiger partial charge in [0.05, 0.1) is 17.5 Å². The summed E-state index contributed by atoms with van der Waals surface area (Å²) in [5.74, 6) is 0.229. The normalized spacial score (nSPS) is 22.2. The van der Waals surface area contributed by atoms with Crippen LogP contribution in [-0.2, 0) is 24.1 Å². The number of rotatable bonds is 6. The Morgan fingerprint density at radius 3 is 2.88 bits per heavy atom. The van der Waals surface area contributed by atoms with Gasteiger partial charge in [-0.25, -0.2) is 9.37 Å². The minimum atomic E-state index is -0.398. The van der Waals surface area contributed by atoms with Gasteiger partial charge in [-0.15, -0.1) is 10.2 Å². The fourth-order valence-corrected chi connectivity index (χ4v) is 5.03. The second kappa shape index (κ2) is 9.27. The van der Waals surface area contributed by atoms with Crippen LogP contribution in [-0.4, -0.2) is 71.1 Å². The van der Waals surface area contributed by atoms with E-state index in [0.717, 1.165) is 43.0 Å². The van der Waals surface area contributed by atoms with Crippen molar-refractivity contribution >= 4 is 22.8 Å². The Bertz CT molecular complexity index is 1200. The van der Waals surface area contributed by atoms with Crippen molar-refractivity contribution in [2.24, 2.45) is 0 Å². The van der Waals surface area contributed by atoms with E-state index in [9.17, 15) is 9.18 Å². The van der Waals surface area contributed by atoms with Crippen molar-refractivity contribution in [1.82, 2.24) is 30.4 Å². The first-order valence-electron chi connectivity index (χ1n) is 11.8. The molecular formula is C24H30FN7O2. The number of carbonyl (C=O) groups excluding carboxylic acids is 1. The minimum absolute atomic E-state index is 0.0337. The number of methoxy groups -OCH3 is 1. The number of likely N-dealkylation sites (N-methyl/N-ethyl adjacent to an activating group) is 1. The maximum absolute atomic E-state index is 14.2. The number of hydrogen-bond donors (Lipinski definition) is 2. The molecule has 0 saturated carbocycles. The molecule has 0 radical (unpaired) electrons. The van der Waals surface area contributed by atoms with Gasteiger partial charge < -0.3 is 24.8 Å². The third-order valence-corrected chi connectivity index (χ3v) is 6.99. The smallest absolute Gasteiger partial charge is 0.272 e. The monoisotopic (exact) mass is 467 g/mol. The van der Waals surface area contributed by atoms with Crippen molar-refractivity contribution < 1.29 is 13.9 Å². The number of nitrogens with one attached hydrogen (secondary N) is 2. The second-order valence-corrected chi connectivity index (χ2v) is 8.99. The van der Waals surface area contributed by atoms with Crippen LogP contribution in [0.2, 0.25) is 0 Å². The lowest BCUT2D eigenvalue weighted by molar-refractivity contribution is 0.0927. The summed E-state index contributed by atoms with van der Waals surface area (Å²) in [6.45, 7) is 4.15. The zero-order valence-electron chi connectivity index (χ0n) is 19.7. The lowest BCUT2D eigenvalue weighted by atomic mass is 9.91. The predicted octanol–water partition coefficient (Wildman–Crippen LogP) is 1.70. The molecule has 3 aromatic heterocycles. The Balaban J connectivity index is 1.26. The third-order valence-electron chi connectivity index (χ3n) is 6.99. The fourth-order valence-electron chi connectivity index (χ4n) is 5.03. The Hall–Kier alpha value is -3.11. The van der Waals surface area contributed by atoms with Crippen LogP contribution in [0, 0.1) is 5.82 Å². The minimum Gasteiger partial charge on any atom is -0.378 e. The summed E-state index contributed by atoms with van der Waals surface area (Å²) in [5, 5.41) is 14.8. The number of amides is 1. The number of fused-ring (bicyclic) bond motifs is 2. The number of hydrogen-bond acceptors (Lipinski definition) is 7. The lowest BCUT2D eigenvalue weighted by Crippen LogP contribution is -2.39. The van der Waals surface area contributed by atoms with Crippen molar-refractivity contribution in [3.8, 4) is 0 Å². The average molecular weight is 468 g/mol. The summed E-state index contributed by atoms with van der Waals surface area (Å²) < 4.78 is 21.5. The van der Waals surface area contributed by atoms with Crippen molar-refractivity contribution in [3.63, 3.8) is 0 Å². The number of halogens is 1. The summed E-state index contributed by atoms with van der Waals surface area (Å²) >= 11 is 0. The van der Waals surface area contributed by atoms with Gasteiger partial charge in [0.2, 0.25) is 0 Å². The number of aromatic nitrogens is 4. The largest absolute Gasteiger partial charge is 0.378 e. The van der Waals surface area contributed by atoms with Crippen molar-refractivity contribution in [2.45, 2.75) is 50.9 Å². The Kier molecular flexibility index (Phi) is 6.18. The van der Waals surface area contributed by atoms with Crippen molar-refractivity contribution in [2.75, 3.05) is 32.1 Å². The Morgan fingerprint density at radius 1 is 1.29 bits per heavy atom. The number of pyridine rings is 1. The molecular weight excluding hydrogens is 437 g/mol. The van der Waals surface area contributed by atoms with E-state index >= 15 is 0 Å². The molecule has 0 bridgehead atoms. The van der Waals surface area contributed by atoms with Crippen LogP contribution in [0.4, 0.5) is 10.2 Å². The SMILES string of the molecule is CCn1cc(F)c2cc(C(=O)NC3CCc4nc(N5CC(NC)C(OC)C5)ccc4C3)nnc21. The molecule has 5 rings (SSSR count). The Morgan fingerprint density at radius 2 is 2.15 bits per heavy atom. The van der Waals surface area contributed by atoms with E-state index in [1.54, 1.807) is 11.7 Å². The first-order chi connectivity index (χ1) is 16.5. The molecule has 0 spiro atoms. The van der Waals surface area contributed by atoms with E-state index in [-0.39, 0.29) is 29.8 Å². The number of ether oxygens (including phenoxy) is 1. The van der Waals surface area contributed by atoms with Gasteiger partial charge in [0.15, 0.2) is 17.2 Å². The molecule has 2 N–H and O–H groups in total. The highest BCUT2D eigenvalue weighted by atomic mass is 19.1. The highest BCUT2D eigenvalue weighted by Gasteiger charge is 2.33. The topological polar surface area (TPSA) is 97.2 Å². The molecule has 1 amide bonds. The highest BCUT2D eigenvalue weighted by molar-refractivity contribution is 5.95. The van der Waals surface area contributed by atoms with E-state index in [1.165, 1.54) is 12.3 Å². The molecule has 9 nitrogen and oxygen atoms in total. The number of nitrogens with zero attached hydrogens (tertiary/aromatic N) is 5. The molecule has 1 aliphatic heterocycles. The molecule has 3 unspecified atom stereocenters. The predicted molar refractivity (Wildman–Crippen MR) is 127 cm³/mol. The summed E-state index contributed by atoms with van der Waals surface area (Å²) in [5.41, 5.74) is 2.79. The van der Waals surface area contributed by atoms with E-state index in [1.807, 2.05) is 20.0 Å². The molecule has 3 atom stereocenters. The summed E-state index contributed by atoms with van der Waals surface area (Å²) in [6, 6.07) is 5.88. The van der Waals surface area contributed by atoms with E-state index in [4.69, 9.17) is 9.72 Å². The van der Waals surface area contributed by atoms with Crippen LogP contribution in [0.25, 0.3) is 11.0 Å². The van der Waals surface area contributed by atoms with E-state index in [2.05, 4.69) is 31.8 Å². The Labute approximate surface area is 197 Å². The van der Waals surface area contributed by atoms with E-state index < -0.39 is 5.82 Å². The zero-order chi connectivity index (χ0) is 23.8. The lowest BCUT2D eigenvalue weighted by Gasteiger charge is -2.26. The summed E-state index contributed by atoms with van der Waals surface area (Å²) in [7, 11) is 3.70. The van der Waals surface area contributed by atoms with Crippen LogP contribution in [0.3, 0.4) is 0 Å². The second-order valence-electron chi connectivity index (χ2n) is 8.99. The van der Waals surface area contributed by atoms with Gasteiger partial charge in [0.25, 0.3) is 5.91 Å². The van der Waals surface area contributed by atoms with Gasteiger partial charge in [-0.1, -0.05) is 6.07 Å². The van der Waals surface area contributed by atoms with Crippen LogP contribution >= 0.6 is 0 Å². The first-order valence-corrected chi connectivity index (χ1v) is 11.8. The number of carbonyl (C=O) groups is 1. The van der Waals surface area contributed by atoms with Crippen LogP contribution in [0.1, 0.15) is 35.1 Å². The standard InChI is InChI=1S/C24H30FN7O2/c1-4-31-11-17(25)16-10-19(29-30-23(16)31)24(33)27-15-6-7-18-14(9-15)5-8-22(28-18)32-12-20(26-2)21(13-32)34-3/h5,8,10-11,15,20-21,26H,4,6-7,9,12-13H2,1-3H3,(H,27,33). The van der Waals surface area contributed by atoms with Crippen molar-refractivity contribution in [3.05, 3.63) is 47.2 Å². The van der Waals surface area contributed by atoms with Gasteiger partial charge >= 0.3 is 0 Å². The molecule has 10 heteroatoms. The third kappa shape index (κ3) is 4.12. The molecule has 1 aliphatic carbocycles.